The van der Waals surface area contributed by atoms with Crippen LogP contribution in [0.1, 0.15) is 106 Å². The number of rotatable bonds is 1. The van der Waals surface area contributed by atoms with E-state index in [-0.39, 0.29) is 33.7 Å². The smallest absolute Gasteiger partial charge is 0.125 e. The fraction of sp³-hybridized carbons (Fsp3) is 0.900. The van der Waals surface area contributed by atoms with Crippen LogP contribution in [-0.2, 0) is 4.79 Å². The highest BCUT2D eigenvalue weighted by Crippen LogP contribution is 2.76. The Balaban J connectivity index is 1.67. The van der Waals surface area contributed by atoms with Gasteiger partial charge in [0.15, 0.2) is 0 Å². The van der Waals surface area contributed by atoms with E-state index >= 15 is 0 Å². The molecule has 0 aromatic carbocycles. The largest absolute Gasteiger partial charge is 0.393 e. The first kappa shape index (κ1) is 25.0. The summed E-state index contributed by atoms with van der Waals surface area (Å²) in [6.07, 6.45) is 9.99. The predicted molar refractivity (Wildman–Crippen MR) is 134 cm³/mol. The molecule has 0 amide bonds. The van der Waals surface area contributed by atoms with E-state index in [4.69, 9.17) is 0 Å². The molecular formula is C30H48O4. The van der Waals surface area contributed by atoms with E-state index in [0.29, 0.717) is 12.3 Å². The van der Waals surface area contributed by atoms with Crippen molar-refractivity contribution in [1.82, 2.24) is 0 Å². The van der Waals surface area contributed by atoms with Crippen LogP contribution in [0.15, 0.2) is 11.6 Å². The molecule has 0 aromatic heterocycles. The third-order valence-electron chi connectivity index (χ3n) is 13.3. The zero-order chi connectivity index (χ0) is 25.2. The third-order valence-corrected chi connectivity index (χ3v) is 13.3. The lowest BCUT2D eigenvalue weighted by Crippen LogP contribution is -2.75. The van der Waals surface area contributed by atoms with Crippen LogP contribution in [-0.4, -0.2) is 39.4 Å². The number of allylic oxidation sites excluding steroid dienone is 1. The van der Waals surface area contributed by atoms with Gasteiger partial charge in [-0.25, -0.2) is 0 Å². The number of aldehydes is 1. The molecular weight excluding hydrogens is 424 g/mol. The van der Waals surface area contributed by atoms with Crippen molar-refractivity contribution in [2.24, 2.45) is 44.3 Å². The predicted octanol–water partition coefficient (Wildman–Crippen LogP) is 5.43. The maximum absolute atomic E-state index is 12.8. The summed E-state index contributed by atoms with van der Waals surface area (Å²) in [4.78, 5) is 12.1. The average Bonchev–Trinajstić information content (AvgIpc) is 2.77. The first-order valence-electron chi connectivity index (χ1n) is 13.8. The first-order chi connectivity index (χ1) is 15.5. The maximum atomic E-state index is 12.8. The van der Waals surface area contributed by atoms with Gasteiger partial charge in [-0.05, 0) is 91.3 Å². The summed E-state index contributed by atoms with van der Waals surface area (Å²) in [5.41, 5.74) is -1.37. The van der Waals surface area contributed by atoms with Crippen molar-refractivity contribution in [3.63, 3.8) is 0 Å². The Bertz CT molecular complexity index is 925. The van der Waals surface area contributed by atoms with Crippen molar-refractivity contribution in [1.29, 1.82) is 0 Å². The SMILES string of the molecule is CC1(C=O)CCC2(C)CCC3(C)C4(C)CCC5C(C)(CCC(O)C5(C)C)C4=CC(O)C3(O)C2C1. The molecule has 0 saturated heterocycles. The monoisotopic (exact) mass is 472 g/mol. The highest BCUT2D eigenvalue weighted by molar-refractivity contribution is 5.59. The molecule has 5 aliphatic carbocycles. The van der Waals surface area contributed by atoms with Crippen LogP contribution in [0.4, 0.5) is 0 Å². The number of aliphatic hydroxyl groups excluding tert-OH is 2. The molecule has 0 bridgehead atoms. The molecule has 34 heavy (non-hydrogen) atoms. The van der Waals surface area contributed by atoms with Crippen LogP contribution in [0.2, 0.25) is 0 Å². The molecule has 4 heteroatoms. The van der Waals surface area contributed by atoms with Crippen molar-refractivity contribution in [3.8, 4) is 0 Å². The van der Waals surface area contributed by atoms with E-state index < -0.39 is 22.5 Å². The fourth-order valence-electron chi connectivity index (χ4n) is 10.5. The molecule has 0 spiro atoms. The van der Waals surface area contributed by atoms with Crippen LogP contribution >= 0.6 is 0 Å². The lowest BCUT2D eigenvalue weighted by molar-refractivity contribution is -0.286. The number of carbonyl (C=O) groups is 1. The second-order valence-electron chi connectivity index (χ2n) is 15.1. The van der Waals surface area contributed by atoms with Gasteiger partial charge < -0.3 is 20.1 Å². The molecule has 5 aliphatic rings. The number of fused-ring (bicyclic) bond motifs is 7. The molecule has 0 heterocycles. The van der Waals surface area contributed by atoms with Gasteiger partial charge in [-0.15, -0.1) is 0 Å². The van der Waals surface area contributed by atoms with Gasteiger partial charge >= 0.3 is 0 Å². The first-order valence-corrected chi connectivity index (χ1v) is 13.8. The summed E-state index contributed by atoms with van der Waals surface area (Å²) in [6, 6.07) is 0. The van der Waals surface area contributed by atoms with Crippen molar-refractivity contribution >= 4 is 6.29 Å². The highest BCUT2D eigenvalue weighted by Gasteiger charge is 2.74. The fourth-order valence-corrected chi connectivity index (χ4v) is 10.5. The Morgan fingerprint density at radius 2 is 1.50 bits per heavy atom. The van der Waals surface area contributed by atoms with E-state index in [1.54, 1.807) is 0 Å². The number of carbonyl (C=O) groups excluding carboxylic acids is 1. The molecule has 0 radical (unpaired) electrons. The van der Waals surface area contributed by atoms with E-state index in [0.717, 1.165) is 57.7 Å². The normalized spacial score (nSPS) is 58.5. The van der Waals surface area contributed by atoms with Gasteiger partial charge in [0.25, 0.3) is 0 Å². The summed E-state index contributed by atoms with van der Waals surface area (Å²) >= 11 is 0. The minimum atomic E-state index is -1.25. The average molecular weight is 473 g/mol. The molecule has 5 rings (SSSR count). The molecule has 0 aromatic rings. The Morgan fingerprint density at radius 3 is 2.15 bits per heavy atom. The topological polar surface area (TPSA) is 77.8 Å². The molecule has 3 N–H and O–H groups in total. The second kappa shape index (κ2) is 6.98. The quantitative estimate of drug-likeness (QED) is 0.351. The van der Waals surface area contributed by atoms with Crippen LogP contribution in [0.5, 0.6) is 0 Å². The number of hydrogen-bond donors (Lipinski definition) is 3. The van der Waals surface area contributed by atoms with Crippen molar-refractivity contribution in [3.05, 3.63) is 11.6 Å². The minimum absolute atomic E-state index is 0.0580. The van der Waals surface area contributed by atoms with Gasteiger partial charge in [0.2, 0.25) is 0 Å². The van der Waals surface area contributed by atoms with Crippen LogP contribution in [0.3, 0.4) is 0 Å². The molecule has 4 nitrogen and oxygen atoms in total. The Labute approximate surface area is 206 Å². The zero-order valence-corrected chi connectivity index (χ0v) is 22.6. The van der Waals surface area contributed by atoms with Gasteiger partial charge in [0.1, 0.15) is 18.0 Å². The number of aliphatic hydroxyl groups is 3. The van der Waals surface area contributed by atoms with Crippen LogP contribution < -0.4 is 0 Å². The zero-order valence-electron chi connectivity index (χ0n) is 22.6. The lowest BCUT2D eigenvalue weighted by atomic mass is 9.32. The van der Waals surface area contributed by atoms with Gasteiger partial charge in [-0.3, -0.25) is 0 Å². The summed E-state index contributed by atoms with van der Waals surface area (Å²) in [5.74, 6) is 0.245. The van der Waals surface area contributed by atoms with Gasteiger partial charge in [-0.2, -0.15) is 0 Å². The van der Waals surface area contributed by atoms with Crippen molar-refractivity contribution < 1.29 is 20.1 Å². The summed E-state index contributed by atoms with van der Waals surface area (Å²) in [7, 11) is 0. The summed E-state index contributed by atoms with van der Waals surface area (Å²) in [5, 5.41) is 35.6. The molecule has 10 atom stereocenters. The standard InChI is InChI=1S/C30H48O4/c1-24(2)19-8-11-28(6)20(27(19,5)10-9-22(24)32)16-23(33)30(34)21-17-25(3,18-31)12-13-26(21,4)14-15-29(28,30)7/h16,18-19,21-23,32-34H,8-15,17H2,1-7H3. The van der Waals surface area contributed by atoms with E-state index in [1.807, 2.05) is 6.92 Å². The Hall–Kier alpha value is -0.710. The summed E-state index contributed by atoms with van der Waals surface area (Å²) in [6.45, 7) is 15.7. The van der Waals surface area contributed by atoms with Crippen molar-refractivity contribution in [2.75, 3.05) is 0 Å². The third kappa shape index (κ3) is 2.69. The Morgan fingerprint density at radius 1 is 0.853 bits per heavy atom. The van der Waals surface area contributed by atoms with E-state index in [2.05, 4.69) is 47.6 Å². The maximum Gasteiger partial charge on any atom is 0.125 e. The van der Waals surface area contributed by atoms with Crippen molar-refractivity contribution in [2.45, 2.75) is 124 Å². The molecule has 0 aliphatic heterocycles. The highest BCUT2D eigenvalue weighted by atomic mass is 16.3. The second-order valence-corrected chi connectivity index (χ2v) is 15.1. The van der Waals surface area contributed by atoms with E-state index in [9.17, 15) is 20.1 Å². The molecule has 4 fully saturated rings. The Kier molecular flexibility index (Phi) is 5.13. The lowest BCUT2D eigenvalue weighted by Gasteiger charge is -2.73. The molecule has 192 valence electrons. The van der Waals surface area contributed by atoms with Gasteiger partial charge in [0, 0.05) is 10.8 Å². The minimum Gasteiger partial charge on any atom is -0.393 e. The van der Waals surface area contributed by atoms with Gasteiger partial charge in [-0.1, -0.05) is 60.1 Å². The van der Waals surface area contributed by atoms with E-state index in [1.165, 1.54) is 5.57 Å². The molecule has 4 saturated carbocycles. The summed E-state index contributed by atoms with van der Waals surface area (Å²) < 4.78 is 0. The van der Waals surface area contributed by atoms with Crippen LogP contribution in [0.25, 0.3) is 0 Å². The molecule has 10 unspecified atom stereocenters. The van der Waals surface area contributed by atoms with Crippen LogP contribution in [0, 0.1) is 44.3 Å². The van der Waals surface area contributed by atoms with Gasteiger partial charge in [0.05, 0.1) is 6.10 Å². The number of hydrogen-bond acceptors (Lipinski definition) is 4.